The Labute approximate surface area is 638 Å². The third kappa shape index (κ3) is 10.3. The van der Waals surface area contributed by atoms with Gasteiger partial charge in [-0.3, -0.25) is 0 Å². The first-order valence-electron chi connectivity index (χ1n) is 38.9. The van der Waals surface area contributed by atoms with Crippen LogP contribution in [0.1, 0.15) is 183 Å². The second-order valence-electron chi connectivity index (χ2n) is 35.1. The van der Waals surface area contributed by atoms with Gasteiger partial charge in [-0.2, -0.15) is 0 Å². The van der Waals surface area contributed by atoms with Crippen LogP contribution < -0.4 is 0 Å². The van der Waals surface area contributed by atoms with Gasteiger partial charge in [0, 0.05) is 0 Å². The van der Waals surface area contributed by atoms with Gasteiger partial charge in [-0.25, -0.2) is 0 Å². The van der Waals surface area contributed by atoms with E-state index in [-0.39, 0.29) is 21.7 Å². The van der Waals surface area contributed by atoms with Gasteiger partial charge in [-0.15, -0.1) is 0 Å². The summed E-state index contributed by atoms with van der Waals surface area (Å²) in [7, 11) is 0. The van der Waals surface area contributed by atoms with Crippen LogP contribution in [0, 0.1) is 0 Å². The fourth-order valence-corrected chi connectivity index (χ4v) is 19.1. The molecule has 0 aromatic heterocycles. The predicted octanol–water partition coefficient (Wildman–Crippen LogP) is 28.4. The Balaban J connectivity index is 0.730. The van der Waals surface area contributed by atoms with Gasteiger partial charge < -0.3 is 0 Å². The molecule has 0 unspecified atom stereocenters. The standard InChI is InChI=1S/C108H90/c1-103(2,3)75-49-55-83-84-56-50-76(104(4,5)6)64-98(84)107(97(83)63-75)93-37-25-23-31-79(93)81-53-47-73(61-95(81)107)91(59-67-27-15-13-16-28-67)69-39-43-71(44-40-69)101-87-33-19-21-35-89(87)102(90-36-22-20-34-88(90)101)72-45-41-70(42-46-72)92(60-68-29-17-14-18-30-68)74-48-54-82-80-32-24-26-38-94(80)108(96(82)62-74)99-65-77(105(7,8)9)51-57-85(99)86-58-52-78(66-100(86)108)106(10,11)12/h13-66H,1-12H3/b91-59-,92-60-. The van der Waals surface area contributed by atoms with E-state index in [9.17, 15) is 0 Å². The molecule has 0 saturated heterocycles. The first-order valence-corrected chi connectivity index (χ1v) is 38.9. The zero-order valence-electron chi connectivity index (χ0n) is 64.2. The second kappa shape index (κ2) is 24.4. The van der Waals surface area contributed by atoms with Crippen molar-refractivity contribution < 1.29 is 0 Å². The monoisotopic (exact) mass is 1390 g/mol. The first-order chi connectivity index (χ1) is 52.1. The molecule has 522 valence electrons. The molecule has 0 atom stereocenters. The molecule has 0 heterocycles. The minimum Gasteiger partial charge on any atom is -0.0622 e. The smallest absolute Gasteiger partial charge is 0.0622 e. The second-order valence-corrected chi connectivity index (χ2v) is 35.1. The van der Waals surface area contributed by atoms with Gasteiger partial charge in [0.1, 0.15) is 0 Å². The molecule has 0 N–H and O–H groups in total. The zero-order valence-corrected chi connectivity index (χ0v) is 64.2. The quantitative estimate of drug-likeness (QED) is 0.105. The highest BCUT2D eigenvalue weighted by Gasteiger charge is 2.54. The normalized spacial score (nSPS) is 14.4. The maximum Gasteiger partial charge on any atom is 0.0725 e. The molecular weight excluding hydrogens is 1300 g/mol. The van der Waals surface area contributed by atoms with Gasteiger partial charge in [-0.1, -0.05) is 386 Å². The molecule has 2 spiro atoms. The molecular formula is C108H90. The molecule has 4 aliphatic carbocycles. The summed E-state index contributed by atoms with van der Waals surface area (Å²) in [5.41, 5.74) is 39.9. The van der Waals surface area contributed by atoms with Crippen LogP contribution in [0.3, 0.4) is 0 Å². The van der Waals surface area contributed by atoms with E-state index in [1.54, 1.807) is 0 Å². The van der Waals surface area contributed by atoms with Crippen molar-refractivity contribution >= 4 is 44.8 Å². The third-order valence-corrected chi connectivity index (χ3v) is 24.6. The average Bonchev–Trinajstić information content (AvgIpc) is 1.51. The van der Waals surface area contributed by atoms with E-state index in [2.05, 4.69) is 411 Å². The van der Waals surface area contributed by atoms with Crippen molar-refractivity contribution in [1.29, 1.82) is 0 Å². The molecule has 15 aromatic carbocycles. The minimum atomic E-state index is -0.525. The lowest BCUT2D eigenvalue weighted by Crippen LogP contribution is -2.27. The topological polar surface area (TPSA) is 0 Å². The predicted molar refractivity (Wildman–Crippen MR) is 459 cm³/mol. The van der Waals surface area contributed by atoms with Gasteiger partial charge in [0.05, 0.1) is 10.8 Å². The van der Waals surface area contributed by atoms with Crippen LogP contribution in [-0.2, 0) is 32.5 Å². The van der Waals surface area contributed by atoms with Crippen molar-refractivity contribution in [2.75, 3.05) is 0 Å². The minimum absolute atomic E-state index is 0.0412. The summed E-state index contributed by atoms with van der Waals surface area (Å²) in [6, 6.07) is 122. The summed E-state index contributed by atoms with van der Waals surface area (Å²) >= 11 is 0. The Bertz CT molecular complexity index is 5700. The molecule has 0 fully saturated rings. The lowest BCUT2D eigenvalue weighted by atomic mass is 9.68. The molecule has 108 heavy (non-hydrogen) atoms. The lowest BCUT2D eigenvalue weighted by molar-refractivity contribution is 0.586. The van der Waals surface area contributed by atoms with Crippen LogP contribution >= 0.6 is 0 Å². The fourth-order valence-electron chi connectivity index (χ4n) is 19.1. The SMILES string of the molecule is CC(C)(C)c1ccc2c(c1)C1(c3ccccc3-c3ccc(/C(=C\c4ccccc4)c4ccc(-c5c6ccccc6c(-c6ccc(/C(=C/c7ccccc7)c7ccc8c(c7)C7(c9ccccc9-8)c8cc(C(C)(C)C)ccc8-c8ccc(C(C)(C)C)cc87)cc6)c6ccccc56)cc4)cc31)c1cc(C(C)(C)C)ccc1-2. The highest BCUT2D eigenvalue weighted by atomic mass is 14.6. The molecule has 0 saturated carbocycles. The maximum atomic E-state index is 2.57. The molecule has 4 aliphatic rings. The lowest BCUT2D eigenvalue weighted by Gasteiger charge is -2.33. The molecule has 0 bridgehead atoms. The summed E-state index contributed by atoms with van der Waals surface area (Å²) in [6.07, 6.45) is 4.81. The van der Waals surface area contributed by atoms with E-state index >= 15 is 0 Å². The van der Waals surface area contributed by atoms with Crippen LogP contribution in [0.2, 0.25) is 0 Å². The number of hydrogen-bond acceptors (Lipinski definition) is 0. The van der Waals surface area contributed by atoms with Gasteiger partial charge in [0.15, 0.2) is 0 Å². The number of benzene rings is 15. The van der Waals surface area contributed by atoms with E-state index in [0.29, 0.717) is 0 Å². The van der Waals surface area contributed by atoms with Crippen molar-refractivity contribution in [3.63, 3.8) is 0 Å². The Morgan fingerprint density at radius 2 is 0.454 bits per heavy atom. The zero-order chi connectivity index (χ0) is 74.0. The maximum absolute atomic E-state index is 2.57. The van der Waals surface area contributed by atoms with Gasteiger partial charge in [-0.05, 0) is 246 Å². The summed E-state index contributed by atoms with van der Waals surface area (Å²) in [4.78, 5) is 0. The highest BCUT2D eigenvalue weighted by Crippen LogP contribution is 2.66. The summed E-state index contributed by atoms with van der Waals surface area (Å²) in [6.45, 7) is 28.2. The van der Waals surface area contributed by atoms with Gasteiger partial charge >= 0.3 is 0 Å². The number of rotatable bonds is 8. The number of fused-ring (bicyclic) bond motifs is 22. The van der Waals surface area contributed by atoms with E-state index < -0.39 is 10.8 Å². The molecule has 0 amide bonds. The Hall–Kier alpha value is -11.7. The van der Waals surface area contributed by atoms with Crippen LogP contribution in [-0.4, -0.2) is 0 Å². The molecule has 0 aliphatic heterocycles. The van der Waals surface area contributed by atoms with Crippen molar-refractivity contribution in [3.8, 4) is 66.8 Å². The average molecular weight is 1390 g/mol. The van der Waals surface area contributed by atoms with Crippen molar-refractivity contribution in [2.45, 2.75) is 116 Å². The van der Waals surface area contributed by atoms with Crippen LogP contribution in [0.25, 0.3) is 112 Å². The fraction of sp³-hybridized carbons (Fsp3) is 0.167. The van der Waals surface area contributed by atoms with Gasteiger partial charge in [0.25, 0.3) is 0 Å². The molecule has 19 rings (SSSR count). The van der Waals surface area contributed by atoms with Crippen LogP contribution in [0.4, 0.5) is 0 Å². The summed E-state index contributed by atoms with van der Waals surface area (Å²) in [5, 5.41) is 4.91. The van der Waals surface area contributed by atoms with E-state index in [4.69, 9.17) is 0 Å². The van der Waals surface area contributed by atoms with Crippen LogP contribution in [0.15, 0.2) is 315 Å². The summed E-state index contributed by atoms with van der Waals surface area (Å²) < 4.78 is 0. The Kier molecular flexibility index (Phi) is 15.1. The highest BCUT2D eigenvalue weighted by molar-refractivity contribution is 6.21. The Morgan fingerprint density at radius 3 is 0.750 bits per heavy atom. The Morgan fingerprint density at radius 1 is 0.213 bits per heavy atom. The number of hydrogen-bond donors (Lipinski definition) is 0. The van der Waals surface area contributed by atoms with E-state index in [1.807, 2.05) is 0 Å². The largest absolute Gasteiger partial charge is 0.0725 e. The molecule has 0 heteroatoms. The van der Waals surface area contributed by atoms with E-state index in [1.165, 1.54) is 188 Å². The third-order valence-electron chi connectivity index (χ3n) is 24.6. The van der Waals surface area contributed by atoms with E-state index in [0.717, 1.165) is 11.1 Å². The van der Waals surface area contributed by atoms with Crippen LogP contribution in [0.5, 0.6) is 0 Å². The van der Waals surface area contributed by atoms with Gasteiger partial charge in [0.2, 0.25) is 0 Å². The molecule has 0 nitrogen and oxygen atoms in total. The first kappa shape index (κ1) is 66.9. The molecule has 0 radical (unpaired) electrons. The van der Waals surface area contributed by atoms with Crippen molar-refractivity contribution in [3.05, 3.63) is 416 Å². The summed E-state index contributed by atoms with van der Waals surface area (Å²) in [5.74, 6) is 0. The van der Waals surface area contributed by atoms with Crippen molar-refractivity contribution in [2.24, 2.45) is 0 Å². The van der Waals surface area contributed by atoms with Crippen molar-refractivity contribution in [1.82, 2.24) is 0 Å². The molecule has 15 aromatic rings.